The second-order valence-electron chi connectivity index (χ2n) is 7.64. The predicted molar refractivity (Wildman–Crippen MR) is 133 cm³/mol. The van der Waals surface area contributed by atoms with Gasteiger partial charge >= 0.3 is 8.25 Å². The number of H-pyrrole nitrogens is 2. The maximum atomic E-state index is 11.8. The van der Waals surface area contributed by atoms with Crippen LogP contribution in [0.25, 0.3) is 22.3 Å². The highest BCUT2D eigenvalue weighted by Gasteiger charge is 2.09. The Hall–Kier alpha value is -4.39. The zero-order valence-corrected chi connectivity index (χ0v) is 20.1. The van der Waals surface area contributed by atoms with Gasteiger partial charge in [-0.2, -0.15) is 9.97 Å². The number of nitrogens with zero attached hydrogens (tertiary/aromatic N) is 6. The van der Waals surface area contributed by atoms with Gasteiger partial charge in [0.05, 0.1) is 25.2 Å². The summed E-state index contributed by atoms with van der Waals surface area (Å²) in [7, 11) is -2.70. The first-order valence-corrected chi connectivity index (χ1v) is 12.2. The van der Waals surface area contributed by atoms with Crippen molar-refractivity contribution in [2.45, 2.75) is 38.8 Å². The minimum Gasteiger partial charge on any atom is -0.426 e. The van der Waals surface area contributed by atoms with Crippen LogP contribution in [-0.2, 0) is 26.7 Å². The van der Waals surface area contributed by atoms with Crippen LogP contribution in [0.2, 0.25) is 0 Å². The van der Waals surface area contributed by atoms with E-state index in [9.17, 15) is 14.2 Å². The first-order valence-electron chi connectivity index (χ1n) is 11.0. The largest absolute Gasteiger partial charge is 0.426 e. The van der Waals surface area contributed by atoms with Crippen LogP contribution < -0.4 is 22.6 Å². The smallest absolute Gasteiger partial charge is 0.417 e. The van der Waals surface area contributed by atoms with Crippen molar-refractivity contribution >= 4 is 42.5 Å². The number of aromatic amines is 2. The van der Waals surface area contributed by atoms with Gasteiger partial charge in [-0.3, -0.25) is 19.6 Å². The number of hydrogen-bond acceptors (Lipinski definition) is 11. The molecular weight excluding hydrogens is 491 g/mol. The lowest BCUT2D eigenvalue weighted by atomic mass is 10.3. The van der Waals surface area contributed by atoms with E-state index in [-0.39, 0.29) is 34.0 Å². The molecule has 4 rings (SSSR count). The molecule has 0 spiro atoms. The number of imidazole rings is 2. The number of nitrogen functional groups attached to an aromatic ring is 2. The van der Waals surface area contributed by atoms with E-state index < -0.39 is 8.25 Å². The molecule has 6 N–H and O–H groups in total. The van der Waals surface area contributed by atoms with E-state index in [1.807, 2.05) is 0 Å². The summed E-state index contributed by atoms with van der Waals surface area (Å²) in [5.41, 5.74) is 11.7. The number of hydrogen-bond donors (Lipinski definition) is 4. The predicted octanol–water partition coefficient (Wildman–Crippen LogP) is 1.43. The molecule has 4 aromatic rings. The van der Waals surface area contributed by atoms with Crippen LogP contribution in [0.15, 0.2) is 46.9 Å². The summed E-state index contributed by atoms with van der Waals surface area (Å²) < 4.78 is 25.4. The molecule has 0 saturated carbocycles. The lowest BCUT2D eigenvalue weighted by molar-refractivity contribution is 0.354. The number of rotatable bonds is 12. The standard InChI is InChI=1S/C20H25N10O5P/c21-19-25-15-13(17(31)27-19)23-11-29(15)7-3-1-5-9-34-36(33)35-10-6-2-4-8-30-12-24-14-16(30)26-20(22)28-18(14)32/h5-6,9-12,36H,1-4,7-8H2,(H3,21,25,27,31)(H3,22,26,28,32). The third-order valence-electron chi connectivity index (χ3n) is 5.05. The molecule has 4 heterocycles. The molecule has 15 nitrogen and oxygen atoms in total. The molecule has 0 fully saturated rings. The molecule has 36 heavy (non-hydrogen) atoms. The minimum absolute atomic E-state index is 0.0363. The highest BCUT2D eigenvalue weighted by molar-refractivity contribution is 7.33. The summed E-state index contributed by atoms with van der Waals surface area (Å²) in [6.45, 7) is 1.14. The van der Waals surface area contributed by atoms with Gasteiger partial charge in [-0.1, -0.05) is 0 Å². The lowest BCUT2D eigenvalue weighted by Crippen LogP contribution is -2.12. The van der Waals surface area contributed by atoms with Gasteiger partial charge in [-0.25, -0.2) is 14.5 Å². The molecule has 0 aromatic carbocycles. The molecular formula is C20H25N10O5P. The second kappa shape index (κ2) is 11.4. The topological polar surface area (TPSA) is 215 Å². The number of anilines is 2. The van der Waals surface area contributed by atoms with E-state index in [1.165, 1.54) is 25.2 Å². The van der Waals surface area contributed by atoms with Crippen molar-refractivity contribution in [3.05, 3.63) is 58.0 Å². The first-order chi connectivity index (χ1) is 17.4. The number of fused-ring (bicyclic) bond motifs is 2. The summed E-state index contributed by atoms with van der Waals surface area (Å²) in [5.74, 6) is 0.0727. The van der Waals surface area contributed by atoms with Gasteiger partial charge in [0, 0.05) is 13.1 Å². The molecule has 0 unspecified atom stereocenters. The average Bonchev–Trinajstić information content (AvgIpc) is 3.43. The number of aromatic nitrogens is 8. The van der Waals surface area contributed by atoms with Crippen molar-refractivity contribution in [3.63, 3.8) is 0 Å². The molecule has 0 aliphatic heterocycles. The van der Waals surface area contributed by atoms with E-state index in [1.54, 1.807) is 21.3 Å². The summed E-state index contributed by atoms with van der Waals surface area (Å²) in [4.78, 5) is 44.7. The van der Waals surface area contributed by atoms with E-state index in [0.717, 1.165) is 0 Å². The molecule has 0 radical (unpaired) electrons. The highest BCUT2D eigenvalue weighted by Crippen LogP contribution is 2.24. The normalized spacial score (nSPS) is 12.8. The molecule has 16 heteroatoms. The summed E-state index contributed by atoms with van der Waals surface area (Å²) >= 11 is 0. The van der Waals surface area contributed by atoms with Crippen LogP contribution in [-0.4, -0.2) is 39.0 Å². The minimum atomic E-state index is -2.70. The maximum absolute atomic E-state index is 11.8. The van der Waals surface area contributed by atoms with Crippen LogP contribution in [0.5, 0.6) is 0 Å². The Labute approximate surface area is 203 Å². The number of nitrogens with two attached hydrogens (primary N) is 2. The SMILES string of the molecule is Nc1nc2c(ncn2CCCC=CO[PH](=O)OC=CCCCn2cnc3c(=O)[nH]c(N)nc32)c(=O)[nH]1. The first kappa shape index (κ1) is 24.7. The van der Waals surface area contributed by atoms with Gasteiger partial charge in [0.2, 0.25) is 11.9 Å². The van der Waals surface area contributed by atoms with Gasteiger partial charge < -0.3 is 29.6 Å². The molecule has 0 amide bonds. The average molecular weight is 516 g/mol. The third kappa shape index (κ3) is 5.99. The van der Waals surface area contributed by atoms with Crippen LogP contribution in [0.4, 0.5) is 11.9 Å². The lowest BCUT2D eigenvalue weighted by Gasteiger charge is -2.03. The summed E-state index contributed by atoms with van der Waals surface area (Å²) in [5, 5.41) is 0. The molecule has 190 valence electrons. The van der Waals surface area contributed by atoms with Crippen molar-refractivity contribution in [3.8, 4) is 0 Å². The van der Waals surface area contributed by atoms with Gasteiger partial charge in [-0.05, 0) is 37.8 Å². The van der Waals surface area contributed by atoms with Gasteiger partial charge in [0.25, 0.3) is 11.1 Å². The number of aryl methyl sites for hydroxylation is 2. The Morgan fingerprint density at radius 2 is 1.28 bits per heavy atom. The van der Waals surface area contributed by atoms with Crippen LogP contribution in [0.3, 0.4) is 0 Å². The van der Waals surface area contributed by atoms with Gasteiger partial charge in [0.15, 0.2) is 22.3 Å². The molecule has 0 atom stereocenters. The van der Waals surface area contributed by atoms with Crippen molar-refractivity contribution in [2.24, 2.45) is 0 Å². The summed E-state index contributed by atoms with van der Waals surface area (Å²) in [6.07, 6.45) is 11.9. The highest BCUT2D eigenvalue weighted by atomic mass is 31.1. The molecule has 0 aliphatic rings. The molecule has 0 bridgehead atoms. The monoisotopic (exact) mass is 516 g/mol. The Kier molecular flexibility index (Phi) is 7.80. The fourth-order valence-electron chi connectivity index (χ4n) is 3.40. The quantitative estimate of drug-likeness (QED) is 0.120. The maximum Gasteiger partial charge on any atom is 0.417 e. The fourth-order valence-corrected chi connectivity index (χ4v) is 3.87. The van der Waals surface area contributed by atoms with Gasteiger partial charge in [-0.15, -0.1) is 0 Å². The van der Waals surface area contributed by atoms with Gasteiger partial charge in [0.1, 0.15) is 0 Å². The Balaban J connectivity index is 1.12. The Bertz CT molecular complexity index is 1440. The van der Waals surface area contributed by atoms with E-state index >= 15 is 0 Å². The molecule has 0 saturated heterocycles. The zero-order valence-electron chi connectivity index (χ0n) is 19.1. The van der Waals surface area contributed by atoms with Crippen molar-refractivity contribution in [2.75, 3.05) is 11.5 Å². The third-order valence-corrected chi connectivity index (χ3v) is 5.70. The van der Waals surface area contributed by atoms with Crippen molar-refractivity contribution in [1.29, 1.82) is 0 Å². The van der Waals surface area contributed by atoms with E-state index in [2.05, 4.69) is 29.9 Å². The van der Waals surface area contributed by atoms with Crippen molar-refractivity contribution in [1.82, 2.24) is 39.0 Å². The molecule has 0 aliphatic carbocycles. The van der Waals surface area contributed by atoms with Crippen molar-refractivity contribution < 1.29 is 13.6 Å². The second-order valence-corrected chi connectivity index (χ2v) is 8.61. The van der Waals surface area contributed by atoms with Crippen LogP contribution in [0, 0.1) is 0 Å². The number of nitrogens with one attached hydrogen (secondary N) is 2. The Morgan fingerprint density at radius 1 is 0.833 bits per heavy atom. The Morgan fingerprint density at radius 3 is 1.72 bits per heavy atom. The number of allylic oxidation sites excluding steroid dienone is 2. The summed E-state index contributed by atoms with van der Waals surface area (Å²) in [6, 6.07) is 0. The fraction of sp³-hybridized carbons (Fsp3) is 0.300. The zero-order chi connectivity index (χ0) is 25.5. The van der Waals surface area contributed by atoms with Crippen LogP contribution >= 0.6 is 8.25 Å². The van der Waals surface area contributed by atoms with Crippen LogP contribution in [0.1, 0.15) is 25.7 Å². The van der Waals surface area contributed by atoms with E-state index in [0.29, 0.717) is 50.1 Å². The molecule has 4 aromatic heterocycles. The van der Waals surface area contributed by atoms with E-state index in [4.69, 9.17) is 20.5 Å². The number of unbranched alkanes of at least 4 members (excludes halogenated alkanes) is 2.